The van der Waals surface area contributed by atoms with Crippen LogP contribution in [-0.4, -0.2) is 18.3 Å². The van der Waals surface area contributed by atoms with E-state index < -0.39 is 6.10 Å². The first-order valence-electron chi connectivity index (χ1n) is 6.57. The highest BCUT2D eigenvalue weighted by molar-refractivity contribution is 5.33. The maximum absolute atomic E-state index is 10.4. The molecule has 1 saturated carbocycles. The molecule has 1 N–H and O–H groups in total. The minimum atomic E-state index is -0.498. The Morgan fingerprint density at radius 2 is 2.06 bits per heavy atom. The fraction of sp³-hybridized carbons (Fsp3) is 0.600. The molecule has 1 aliphatic rings. The number of aliphatic hydroxyl groups excluding tert-OH is 1. The molecule has 2 heteroatoms. The molecular weight excluding hydrogens is 212 g/mol. The van der Waals surface area contributed by atoms with Gasteiger partial charge in [0.25, 0.3) is 0 Å². The van der Waals surface area contributed by atoms with E-state index in [2.05, 4.69) is 12.1 Å². The van der Waals surface area contributed by atoms with Gasteiger partial charge >= 0.3 is 0 Å². The van der Waals surface area contributed by atoms with Gasteiger partial charge in [-0.15, -0.1) is 0 Å². The Hall–Kier alpha value is -0.860. The van der Waals surface area contributed by atoms with E-state index >= 15 is 0 Å². The molecule has 0 aliphatic heterocycles. The van der Waals surface area contributed by atoms with Crippen molar-refractivity contribution in [1.82, 2.24) is 0 Å². The lowest BCUT2D eigenvalue weighted by molar-refractivity contribution is -0.0155. The smallest absolute Gasteiger partial charge is 0.105 e. The predicted molar refractivity (Wildman–Crippen MR) is 69.1 cm³/mol. The number of ether oxygens (including phenoxy) is 1. The van der Waals surface area contributed by atoms with Gasteiger partial charge in [-0.1, -0.05) is 37.6 Å². The lowest BCUT2D eigenvalue weighted by Crippen LogP contribution is -2.22. The van der Waals surface area contributed by atoms with Crippen molar-refractivity contribution in [3.05, 3.63) is 35.4 Å². The van der Waals surface area contributed by atoms with Crippen molar-refractivity contribution in [2.75, 3.05) is 7.11 Å². The van der Waals surface area contributed by atoms with Crippen molar-refractivity contribution in [2.24, 2.45) is 0 Å². The maximum Gasteiger partial charge on any atom is 0.105 e. The van der Waals surface area contributed by atoms with Gasteiger partial charge in [-0.25, -0.2) is 0 Å². The fourth-order valence-corrected chi connectivity index (χ4v) is 2.59. The Bertz CT molecular complexity index is 354. The van der Waals surface area contributed by atoms with Gasteiger partial charge in [0.1, 0.15) is 6.10 Å². The van der Waals surface area contributed by atoms with Crippen LogP contribution in [-0.2, 0) is 4.74 Å². The normalized spacial score (nSPS) is 19.7. The highest BCUT2D eigenvalue weighted by Crippen LogP contribution is 2.40. The molecule has 2 nitrogen and oxygen atoms in total. The molecule has 0 saturated heterocycles. The molecule has 2 atom stereocenters. The average molecular weight is 234 g/mol. The second-order valence-corrected chi connectivity index (χ2v) is 4.88. The van der Waals surface area contributed by atoms with E-state index in [1.54, 1.807) is 7.11 Å². The topological polar surface area (TPSA) is 29.5 Å². The molecule has 1 aromatic carbocycles. The summed E-state index contributed by atoms with van der Waals surface area (Å²) in [5.74, 6) is 0.648. The number of hydrogen-bond donors (Lipinski definition) is 1. The summed E-state index contributed by atoms with van der Waals surface area (Å²) in [7, 11) is 1.67. The van der Waals surface area contributed by atoms with Crippen molar-refractivity contribution in [2.45, 2.75) is 50.7 Å². The maximum atomic E-state index is 10.4. The van der Waals surface area contributed by atoms with Crippen molar-refractivity contribution < 1.29 is 9.84 Å². The van der Waals surface area contributed by atoms with Crippen LogP contribution >= 0.6 is 0 Å². The highest BCUT2D eigenvalue weighted by Gasteiger charge is 2.27. The number of methoxy groups -OCH3 is 1. The van der Waals surface area contributed by atoms with Gasteiger partial charge in [0.05, 0.1) is 6.10 Å². The van der Waals surface area contributed by atoms with E-state index in [4.69, 9.17) is 4.74 Å². The van der Waals surface area contributed by atoms with E-state index in [9.17, 15) is 5.11 Å². The van der Waals surface area contributed by atoms with Gasteiger partial charge in [-0.3, -0.25) is 0 Å². The fourth-order valence-electron chi connectivity index (χ4n) is 2.59. The van der Waals surface area contributed by atoms with Gasteiger partial charge < -0.3 is 9.84 Å². The Labute approximate surface area is 104 Å². The van der Waals surface area contributed by atoms with E-state index in [0.29, 0.717) is 5.92 Å². The van der Waals surface area contributed by atoms with Crippen LogP contribution in [0.2, 0.25) is 0 Å². The molecule has 94 valence electrons. The molecule has 2 unspecified atom stereocenters. The molecule has 2 rings (SSSR count). The summed E-state index contributed by atoms with van der Waals surface area (Å²) in [6.07, 6.45) is 4.06. The summed E-state index contributed by atoms with van der Waals surface area (Å²) in [4.78, 5) is 0. The van der Waals surface area contributed by atoms with Gasteiger partial charge in [-0.05, 0) is 36.3 Å². The monoisotopic (exact) mass is 234 g/mol. The lowest BCUT2D eigenvalue weighted by atomic mass is 9.77. The molecule has 1 aromatic rings. The Morgan fingerprint density at radius 1 is 1.35 bits per heavy atom. The third-order valence-electron chi connectivity index (χ3n) is 3.92. The van der Waals surface area contributed by atoms with Crippen LogP contribution in [0.1, 0.15) is 55.8 Å². The summed E-state index contributed by atoms with van der Waals surface area (Å²) in [5, 5.41) is 10.4. The second-order valence-electron chi connectivity index (χ2n) is 4.88. The van der Waals surface area contributed by atoms with Crippen LogP contribution < -0.4 is 0 Å². The zero-order chi connectivity index (χ0) is 12.3. The summed E-state index contributed by atoms with van der Waals surface area (Å²) in [6.45, 7) is 2.04. The van der Waals surface area contributed by atoms with E-state index in [0.717, 1.165) is 12.0 Å². The quantitative estimate of drug-likeness (QED) is 0.846. The Balaban J connectivity index is 2.24. The van der Waals surface area contributed by atoms with E-state index in [1.807, 2.05) is 19.1 Å². The van der Waals surface area contributed by atoms with Gasteiger partial charge in [0.2, 0.25) is 0 Å². The van der Waals surface area contributed by atoms with Crippen LogP contribution in [0, 0.1) is 0 Å². The first kappa shape index (κ1) is 12.6. The number of benzene rings is 1. The number of rotatable bonds is 5. The number of hydrogen-bond acceptors (Lipinski definition) is 2. The molecule has 0 heterocycles. The standard InChI is InChI=1S/C15H22O2/c1-3-14(17-2)15(16)13-10-5-4-9-12(13)11-7-6-8-11/h4-5,9-11,14-16H,3,6-8H2,1-2H3. The van der Waals surface area contributed by atoms with E-state index in [-0.39, 0.29) is 6.10 Å². The summed E-state index contributed by atoms with van der Waals surface area (Å²) in [5.41, 5.74) is 2.38. The van der Waals surface area contributed by atoms with Crippen LogP contribution in [0.3, 0.4) is 0 Å². The predicted octanol–water partition coefficient (Wildman–Crippen LogP) is 3.41. The highest BCUT2D eigenvalue weighted by atomic mass is 16.5. The summed E-state index contributed by atoms with van der Waals surface area (Å²) < 4.78 is 5.35. The molecule has 1 fully saturated rings. The van der Waals surface area contributed by atoms with Gasteiger partial charge in [0, 0.05) is 7.11 Å². The largest absolute Gasteiger partial charge is 0.386 e. The third-order valence-corrected chi connectivity index (χ3v) is 3.92. The Morgan fingerprint density at radius 3 is 2.59 bits per heavy atom. The first-order valence-corrected chi connectivity index (χ1v) is 6.57. The third kappa shape index (κ3) is 2.53. The van der Waals surface area contributed by atoms with Crippen LogP contribution in [0.25, 0.3) is 0 Å². The minimum absolute atomic E-state index is 0.101. The molecule has 0 amide bonds. The second kappa shape index (κ2) is 5.65. The van der Waals surface area contributed by atoms with Crippen molar-refractivity contribution >= 4 is 0 Å². The van der Waals surface area contributed by atoms with Crippen molar-refractivity contribution in [1.29, 1.82) is 0 Å². The molecular formula is C15H22O2. The zero-order valence-corrected chi connectivity index (χ0v) is 10.7. The van der Waals surface area contributed by atoms with Gasteiger partial charge in [0.15, 0.2) is 0 Å². The minimum Gasteiger partial charge on any atom is -0.386 e. The van der Waals surface area contributed by atoms with Crippen molar-refractivity contribution in [3.63, 3.8) is 0 Å². The Kier molecular flexibility index (Phi) is 4.19. The average Bonchev–Trinajstić information content (AvgIpc) is 2.29. The van der Waals surface area contributed by atoms with Crippen LogP contribution in [0.4, 0.5) is 0 Å². The number of aliphatic hydroxyl groups is 1. The molecule has 1 aliphatic carbocycles. The van der Waals surface area contributed by atoms with Crippen molar-refractivity contribution in [3.8, 4) is 0 Å². The van der Waals surface area contributed by atoms with Crippen LogP contribution in [0.5, 0.6) is 0 Å². The van der Waals surface area contributed by atoms with E-state index in [1.165, 1.54) is 24.8 Å². The van der Waals surface area contributed by atoms with Gasteiger partial charge in [-0.2, -0.15) is 0 Å². The lowest BCUT2D eigenvalue weighted by Gasteiger charge is -2.30. The summed E-state index contributed by atoms with van der Waals surface area (Å²) in [6, 6.07) is 8.27. The summed E-state index contributed by atoms with van der Waals surface area (Å²) >= 11 is 0. The zero-order valence-electron chi connectivity index (χ0n) is 10.7. The molecule has 0 bridgehead atoms. The van der Waals surface area contributed by atoms with Crippen LogP contribution in [0.15, 0.2) is 24.3 Å². The first-order chi connectivity index (χ1) is 8.27. The molecule has 0 aromatic heterocycles. The molecule has 17 heavy (non-hydrogen) atoms. The SMILES string of the molecule is CCC(OC)C(O)c1ccccc1C1CCC1. The molecule has 0 radical (unpaired) electrons. The molecule has 0 spiro atoms.